The third-order valence-corrected chi connectivity index (χ3v) is 4.80. The summed E-state index contributed by atoms with van der Waals surface area (Å²) < 4.78 is 21.8. The highest BCUT2D eigenvalue weighted by atomic mass is 16.5. The second-order valence-corrected chi connectivity index (χ2v) is 7.28. The van der Waals surface area contributed by atoms with Crippen molar-refractivity contribution in [2.75, 3.05) is 28.4 Å². The molecule has 0 aliphatic carbocycles. The molecule has 0 unspecified atom stereocenters. The van der Waals surface area contributed by atoms with Gasteiger partial charge in [0.25, 0.3) is 0 Å². The van der Waals surface area contributed by atoms with Crippen LogP contribution in [0.15, 0.2) is 35.3 Å². The Hall–Kier alpha value is -2.69. The van der Waals surface area contributed by atoms with Crippen molar-refractivity contribution in [2.45, 2.75) is 32.2 Å². The second-order valence-electron chi connectivity index (χ2n) is 7.28. The topological polar surface area (TPSA) is 49.3 Å². The molecule has 144 valence electrons. The quantitative estimate of drug-likeness (QED) is 0.770. The molecule has 1 heterocycles. The summed E-state index contributed by atoms with van der Waals surface area (Å²) in [7, 11) is 6.61. The van der Waals surface area contributed by atoms with Gasteiger partial charge in [0.2, 0.25) is 0 Å². The first kappa shape index (κ1) is 19.1. The fourth-order valence-corrected chi connectivity index (χ4v) is 3.59. The zero-order chi connectivity index (χ0) is 19.6. The minimum absolute atomic E-state index is 0.168. The number of rotatable bonds is 6. The van der Waals surface area contributed by atoms with Crippen LogP contribution in [-0.2, 0) is 12.8 Å². The second kappa shape index (κ2) is 7.51. The molecule has 27 heavy (non-hydrogen) atoms. The van der Waals surface area contributed by atoms with Crippen LogP contribution in [0.3, 0.4) is 0 Å². The van der Waals surface area contributed by atoms with E-state index < -0.39 is 0 Å². The molecule has 0 fully saturated rings. The normalized spacial score (nSPS) is 14.8. The standard InChI is InChI=1S/C22H27NO4/c1-22(2)13-15-11-20(26-5)21(27-6)12-16(15)17(23-22)9-14-7-8-18(24-3)19(10-14)25-4/h7-8,10-12H,9,13H2,1-6H3. The molecule has 1 aliphatic heterocycles. The minimum atomic E-state index is -0.168. The number of hydrogen-bond acceptors (Lipinski definition) is 5. The van der Waals surface area contributed by atoms with Crippen LogP contribution in [0.4, 0.5) is 0 Å². The Bertz CT molecular complexity index is 871. The average molecular weight is 369 g/mol. The fourth-order valence-electron chi connectivity index (χ4n) is 3.59. The third kappa shape index (κ3) is 3.87. The Morgan fingerprint density at radius 1 is 0.815 bits per heavy atom. The Labute approximate surface area is 160 Å². The van der Waals surface area contributed by atoms with Gasteiger partial charge in [-0.1, -0.05) is 6.07 Å². The molecule has 0 radical (unpaired) electrons. The van der Waals surface area contributed by atoms with Crippen molar-refractivity contribution in [2.24, 2.45) is 4.99 Å². The number of hydrogen-bond donors (Lipinski definition) is 0. The van der Waals surface area contributed by atoms with E-state index in [4.69, 9.17) is 23.9 Å². The smallest absolute Gasteiger partial charge is 0.161 e. The van der Waals surface area contributed by atoms with E-state index in [9.17, 15) is 0 Å². The van der Waals surface area contributed by atoms with Crippen LogP contribution >= 0.6 is 0 Å². The molecule has 5 heteroatoms. The van der Waals surface area contributed by atoms with Crippen molar-refractivity contribution in [1.29, 1.82) is 0 Å². The van der Waals surface area contributed by atoms with Gasteiger partial charge in [0.1, 0.15) is 0 Å². The van der Waals surface area contributed by atoms with Crippen LogP contribution in [0.2, 0.25) is 0 Å². The van der Waals surface area contributed by atoms with E-state index in [1.807, 2.05) is 24.3 Å². The molecule has 0 saturated carbocycles. The monoisotopic (exact) mass is 369 g/mol. The maximum atomic E-state index is 5.50. The molecule has 2 aromatic rings. The Balaban J connectivity index is 2.04. The number of benzene rings is 2. The Morgan fingerprint density at radius 3 is 2.04 bits per heavy atom. The maximum Gasteiger partial charge on any atom is 0.161 e. The summed E-state index contributed by atoms with van der Waals surface area (Å²) in [6.07, 6.45) is 1.56. The predicted molar refractivity (Wildman–Crippen MR) is 107 cm³/mol. The van der Waals surface area contributed by atoms with Gasteiger partial charge in [-0.05, 0) is 55.7 Å². The van der Waals surface area contributed by atoms with Gasteiger partial charge in [0.15, 0.2) is 23.0 Å². The molecule has 0 saturated heterocycles. The van der Waals surface area contributed by atoms with Crippen LogP contribution in [-0.4, -0.2) is 39.7 Å². The number of ether oxygens (including phenoxy) is 4. The van der Waals surface area contributed by atoms with Crippen molar-refractivity contribution in [3.05, 3.63) is 47.0 Å². The molecule has 2 aromatic carbocycles. The molecule has 0 amide bonds. The summed E-state index contributed by atoms with van der Waals surface area (Å²) in [6, 6.07) is 10.1. The third-order valence-electron chi connectivity index (χ3n) is 4.80. The van der Waals surface area contributed by atoms with Crippen LogP contribution in [0.1, 0.15) is 30.5 Å². The van der Waals surface area contributed by atoms with Crippen LogP contribution in [0.5, 0.6) is 23.0 Å². The van der Waals surface area contributed by atoms with Crippen LogP contribution < -0.4 is 18.9 Å². The predicted octanol–water partition coefficient (Wildman–Crippen LogP) is 4.09. The zero-order valence-electron chi connectivity index (χ0n) is 16.9. The van der Waals surface area contributed by atoms with Gasteiger partial charge in [-0.25, -0.2) is 0 Å². The summed E-state index contributed by atoms with van der Waals surface area (Å²) in [6.45, 7) is 4.31. The number of methoxy groups -OCH3 is 4. The summed E-state index contributed by atoms with van der Waals surface area (Å²) in [4.78, 5) is 5.03. The van der Waals surface area contributed by atoms with Gasteiger partial charge < -0.3 is 18.9 Å². The first-order chi connectivity index (χ1) is 12.9. The van der Waals surface area contributed by atoms with E-state index in [1.54, 1.807) is 28.4 Å². The molecule has 1 aliphatic rings. The zero-order valence-corrected chi connectivity index (χ0v) is 16.9. The molecule has 0 bridgehead atoms. The molecule has 0 aromatic heterocycles. The van der Waals surface area contributed by atoms with Gasteiger partial charge in [0, 0.05) is 17.7 Å². The number of aliphatic imine (C=N–C) groups is 1. The van der Waals surface area contributed by atoms with Gasteiger partial charge in [0.05, 0.1) is 34.0 Å². The fraction of sp³-hybridized carbons (Fsp3) is 0.409. The largest absolute Gasteiger partial charge is 0.493 e. The Kier molecular flexibility index (Phi) is 5.31. The molecular formula is C22H27NO4. The number of fused-ring (bicyclic) bond motifs is 1. The molecule has 5 nitrogen and oxygen atoms in total. The highest BCUT2D eigenvalue weighted by molar-refractivity contribution is 6.04. The van der Waals surface area contributed by atoms with Gasteiger partial charge in [-0.3, -0.25) is 4.99 Å². The van der Waals surface area contributed by atoms with E-state index in [1.165, 1.54) is 5.56 Å². The lowest BCUT2D eigenvalue weighted by Gasteiger charge is -2.30. The van der Waals surface area contributed by atoms with E-state index in [2.05, 4.69) is 19.9 Å². The summed E-state index contributed by atoms with van der Waals surface area (Å²) in [5, 5.41) is 0. The van der Waals surface area contributed by atoms with Gasteiger partial charge >= 0.3 is 0 Å². The van der Waals surface area contributed by atoms with E-state index >= 15 is 0 Å². The highest BCUT2D eigenvalue weighted by Crippen LogP contribution is 2.37. The van der Waals surface area contributed by atoms with Crippen molar-refractivity contribution >= 4 is 5.71 Å². The molecule has 0 N–H and O–H groups in total. The Morgan fingerprint density at radius 2 is 1.41 bits per heavy atom. The van der Waals surface area contributed by atoms with Crippen LogP contribution in [0.25, 0.3) is 0 Å². The lowest BCUT2D eigenvalue weighted by molar-refractivity contribution is 0.353. The van der Waals surface area contributed by atoms with Gasteiger partial charge in [-0.15, -0.1) is 0 Å². The lowest BCUT2D eigenvalue weighted by atomic mass is 9.85. The first-order valence-electron chi connectivity index (χ1n) is 8.95. The van der Waals surface area contributed by atoms with Crippen molar-refractivity contribution < 1.29 is 18.9 Å². The van der Waals surface area contributed by atoms with Crippen molar-refractivity contribution in [3.8, 4) is 23.0 Å². The lowest BCUT2D eigenvalue weighted by Crippen LogP contribution is -2.30. The molecule has 0 spiro atoms. The minimum Gasteiger partial charge on any atom is -0.493 e. The van der Waals surface area contributed by atoms with Crippen LogP contribution in [0, 0.1) is 0 Å². The van der Waals surface area contributed by atoms with E-state index in [-0.39, 0.29) is 5.54 Å². The van der Waals surface area contributed by atoms with E-state index in [0.29, 0.717) is 6.42 Å². The van der Waals surface area contributed by atoms with Crippen molar-refractivity contribution in [1.82, 2.24) is 0 Å². The van der Waals surface area contributed by atoms with Gasteiger partial charge in [-0.2, -0.15) is 0 Å². The summed E-state index contributed by atoms with van der Waals surface area (Å²) >= 11 is 0. The SMILES string of the molecule is COc1ccc(CC2=NC(C)(C)Cc3cc(OC)c(OC)cc32)cc1OC. The van der Waals surface area contributed by atoms with Crippen molar-refractivity contribution in [3.63, 3.8) is 0 Å². The molecular weight excluding hydrogens is 342 g/mol. The maximum absolute atomic E-state index is 5.50. The average Bonchev–Trinajstić information content (AvgIpc) is 2.66. The molecule has 0 atom stereocenters. The summed E-state index contributed by atoms with van der Waals surface area (Å²) in [5.74, 6) is 2.91. The van der Waals surface area contributed by atoms with E-state index in [0.717, 1.165) is 46.3 Å². The summed E-state index contributed by atoms with van der Waals surface area (Å²) in [5.41, 5.74) is 4.32. The number of nitrogens with zero attached hydrogens (tertiary/aromatic N) is 1. The first-order valence-corrected chi connectivity index (χ1v) is 8.95. The molecule has 3 rings (SSSR count). The highest BCUT2D eigenvalue weighted by Gasteiger charge is 2.28.